The zero-order valence-electron chi connectivity index (χ0n) is 16.0. The summed E-state index contributed by atoms with van der Waals surface area (Å²) in [4.78, 5) is 24.4. The van der Waals surface area contributed by atoms with Crippen LogP contribution in [0.3, 0.4) is 0 Å². The number of para-hydroxylation sites is 1. The average molecular weight is 398 g/mol. The third-order valence-electron chi connectivity index (χ3n) is 4.15. The first kappa shape index (κ1) is 19.8. The van der Waals surface area contributed by atoms with Crippen molar-refractivity contribution in [3.05, 3.63) is 64.0 Å². The van der Waals surface area contributed by atoms with E-state index in [0.29, 0.717) is 17.1 Å². The predicted octanol–water partition coefficient (Wildman–Crippen LogP) is 2.93. The number of carbonyl (C=O) groups is 1. The van der Waals surface area contributed by atoms with Crippen molar-refractivity contribution in [1.29, 1.82) is 0 Å². The Morgan fingerprint density at radius 3 is 2.55 bits per heavy atom. The van der Waals surface area contributed by atoms with Crippen LogP contribution in [0.25, 0.3) is 11.5 Å². The van der Waals surface area contributed by atoms with E-state index in [1.807, 2.05) is 0 Å². The van der Waals surface area contributed by atoms with Crippen LogP contribution in [-0.2, 0) is 6.54 Å². The Morgan fingerprint density at radius 2 is 1.86 bits per heavy atom. The Hall–Kier alpha value is -3.95. The van der Waals surface area contributed by atoms with E-state index in [1.165, 1.54) is 44.4 Å². The Balaban J connectivity index is 1.78. The summed E-state index contributed by atoms with van der Waals surface area (Å²) < 4.78 is 16.1. The van der Waals surface area contributed by atoms with Gasteiger partial charge in [0, 0.05) is 18.7 Å². The molecule has 0 unspecified atom stereocenters. The molecule has 0 N–H and O–H groups in total. The molecule has 29 heavy (non-hydrogen) atoms. The summed E-state index contributed by atoms with van der Waals surface area (Å²) in [7, 11) is 4.55. The van der Waals surface area contributed by atoms with Gasteiger partial charge in [0.1, 0.15) is 5.56 Å². The van der Waals surface area contributed by atoms with Gasteiger partial charge in [-0.05, 0) is 24.3 Å². The van der Waals surface area contributed by atoms with Crippen LogP contribution in [0.1, 0.15) is 16.2 Å². The first-order valence-electron chi connectivity index (χ1n) is 8.48. The Bertz CT molecular complexity index is 1050. The number of methoxy groups -OCH3 is 2. The molecule has 0 spiro atoms. The first-order valence-corrected chi connectivity index (χ1v) is 8.48. The molecule has 0 aliphatic heterocycles. The van der Waals surface area contributed by atoms with Crippen LogP contribution in [0, 0.1) is 10.1 Å². The van der Waals surface area contributed by atoms with Gasteiger partial charge >= 0.3 is 0 Å². The minimum absolute atomic E-state index is 0.00876. The summed E-state index contributed by atoms with van der Waals surface area (Å²) in [6, 6.07) is 10.9. The van der Waals surface area contributed by atoms with Gasteiger partial charge in [-0.2, -0.15) is 0 Å². The molecule has 10 heteroatoms. The van der Waals surface area contributed by atoms with E-state index < -0.39 is 10.8 Å². The molecule has 1 heterocycles. The lowest BCUT2D eigenvalue weighted by atomic mass is 10.1. The average Bonchev–Trinajstić information content (AvgIpc) is 3.20. The topological polar surface area (TPSA) is 121 Å². The highest BCUT2D eigenvalue weighted by Gasteiger charge is 2.23. The van der Waals surface area contributed by atoms with Gasteiger partial charge in [-0.1, -0.05) is 12.1 Å². The van der Waals surface area contributed by atoms with E-state index in [0.717, 1.165) is 0 Å². The quantitative estimate of drug-likeness (QED) is 0.440. The molecule has 0 aliphatic rings. The van der Waals surface area contributed by atoms with Gasteiger partial charge in [-0.25, -0.2) is 0 Å². The summed E-state index contributed by atoms with van der Waals surface area (Å²) in [5.41, 5.74) is 0.342. The predicted molar refractivity (Wildman–Crippen MR) is 102 cm³/mol. The lowest BCUT2D eigenvalue weighted by molar-refractivity contribution is -0.385. The third-order valence-corrected chi connectivity index (χ3v) is 4.15. The molecule has 0 fully saturated rings. The Morgan fingerprint density at radius 1 is 1.14 bits per heavy atom. The molecule has 0 atom stereocenters. The summed E-state index contributed by atoms with van der Waals surface area (Å²) in [5.74, 6) is 0.971. The second-order valence-electron chi connectivity index (χ2n) is 6.01. The SMILES string of the molecule is COc1ccc(-c2nnc(CN(C)C(=O)c3ccccc3[N+](=O)[O-])o2)cc1OC. The van der Waals surface area contributed by atoms with Crippen LogP contribution in [0.15, 0.2) is 46.9 Å². The monoisotopic (exact) mass is 398 g/mol. The van der Waals surface area contributed by atoms with E-state index >= 15 is 0 Å². The fourth-order valence-electron chi connectivity index (χ4n) is 2.70. The molecule has 1 aromatic heterocycles. The number of hydrogen-bond acceptors (Lipinski definition) is 8. The number of ether oxygens (including phenoxy) is 2. The molecule has 3 aromatic rings. The van der Waals surface area contributed by atoms with Crippen molar-refractivity contribution >= 4 is 11.6 Å². The second kappa shape index (κ2) is 8.38. The summed E-state index contributed by atoms with van der Waals surface area (Å²) in [5, 5.41) is 19.1. The van der Waals surface area contributed by atoms with Gasteiger partial charge in [0.25, 0.3) is 11.6 Å². The molecule has 2 aromatic carbocycles. The number of nitrogens with zero attached hydrogens (tertiary/aromatic N) is 4. The molecular weight excluding hydrogens is 380 g/mol. The fraction of sp³-hybridized carbons (Fsp3) is 0.211. The number of benzene rings is 2. The largest absolute Gasteiger partial charge is 0.493 e. The molecule has 0 radical (unpaired) electrons. The van der Waals surface area contributed by atoms with E-state index in [-0.39, 0.29) is 29.6 Å². The lowest BCUT2D eigenvalue weighted by Crippen LogP contribution is -2.27. The molecule has 0 saturated heterocycles. The normalized spacial score (nSPS) is 10.4. The Kier molecular flexibility index (Phi) is 5.72. The number of nitro groups is 1. The lowest BCUT2D eigenvalue weighted by Gasteiger charge is -2.14. The fourth-order valence-corrected chi connectivity index (χ4v) is 2.70. The number of rotatable bonds is 7. The van der Waals surface area contributed by atoms with Gasteiger partial charge in [-0.3, -0.25) is 14.9 Å². The van der Waals surface area contributed by atoms with Gasteiger partial charge in [0.2, 0.25) is 11.8 Å². The van der Waals surface area contributed by atoms with Gasteiger partial charge in [0.15, 0.2) is 11.5 Å². The van der Waals surface area contributed by atoms with E-state index in [2.05, 4.69) is 10.2 Å². The van der Waals surface area contributed by atoms with Gasteiger partial charge in [-0.15, -0.1) is 10.2 Å². The van der Waals surface area contributed by atoms with Crippen LogP contribution in [-0.4, -0.2) is 47.2 Å². The molecule has 0 saturated carbocycles. The van der Waals surface area contributed by atoms with Crippen molar-refractivity contribution < 1.29 is 23.6 Å². The minimum Gasteiger partial charge on any atom is -0.493 e. The van der Waals surface area contributed by atoms with Crippen LogP contribution >= 0.6 is 0 Å². The van der Waals surface area contributed by atoms with E-state index in [4.69, 9.17) is 13.9 Å². The number of nitro benzene ring substituents is 1. The van der Waals surface area contributed by atoms with Gasteiger partial charge in [0.05, 0.1) is 25.7 Å². The van der Waals surface area contributed by atoms with Crippen LogP contribution < -0.4 is 9.47 Å². The van der Waals surface area contributed by atoms with Crippen molar-refractivity contribution in [2.45, 2.75) is 6.54 Å². The van der Waals surface area contributed by atoms with E-state index in [1.54, 1.807) is 24.3 Å². The summed E-state index contributed by atoms with van der Waals surface area (Å²) >= 11 is 0. The van der Waals surface area contributed by atoms with Gasteiger partial charge < -0.3 is 18.8 Å². The molecule has 3 rings (SSSR count). The van der Waals surface area contributed by atoms with Crippen LogP contribution in [0.4, 0.5) is 5.69 Å². The highest BCUT2D eigenvalue weighted by molar-refractivity contribution is 5.97. The highest BCUT2D eigenvalue weighted by Crippen LogP contribution is 2.31. The summed E-state index contributed by atoms with van der Waals surface area (Å²) in [6.07, 6.45) is 0. The molecule has 0 aliphatic carbocycles. The second-order valence-corrected chi connectivity index (χ2v) is 6.01. The first-order chi connectivity index (χ1) is 13.9. The van der Waals surface area contributed by atoms with Crippen molar-refractivity contribution in [1.82, 2.24) is 15.1 Å². The van der Waals surface area contributed by atoms with Crippen molar-refractivity contribution in [3.63, 3.8) is 0 Å². The van der Waals surface area contributed by atoms with Crippen molar-refractivity contribution in [3.8, 4) is 23.0 Å². The number of carbonyl (C=O) groups excluding carboxylic acids is 1. The third kappa shape index (κ3) is 4.15. The van der Waals surface area contributed by atoms with Crippen molar-refractivity contribution in [2.75, 3.05) is 21.3 Å². The maximum absolute atomic E-state index is 12.6. The molecule has 1 amide bonds. The number of amides is 1. The molecule has 10 nitrogen and oxygen atoms in total. The maximum Gasteiger partial charge on any atom is 0.282 e. The highest BCUT2D eigenvalue weighted by atomic mass is 16.6. The molecule has 0 bridgehead atoms. The Labute approximate surface area is 165 Å². The zero-order chi connectivity index (χ0) is 21.0. The number of aromatic nitrogens is 2. The standard InChI is InChI=1S/C19H18N4O6/c1-22(19(24)13-6-4-5-7-14(13)23(25)26)11-17-20-21-18(29-17)12-8-9-15(27-2)16(10-12)28-3/h4-10H,11H2,1-3H3. The van der Waals surface area contributed by atoms with Crippen molar-refractivity contribution in [2.24, 2.45) is 0 Å². The number of hydrogen-bond donors (Lipinski definition) is 0. The van der Waals surface area contributed by atoms with Crippen LogP contribution in [0.2, 0.25) is 0 Å². The molecular formula is C19H18N4O6. The van der Waals surface area contributed by atoms with Crippen LogP contribution in [0.5, 0.6) is 11.5 Å². The minimum atomic E-state index is -0.594. The smallest absolute Gasteiger partial charge is 0.282 e. The zero-order valence-corrected chi connectivity index (χ0v) is 16.0. The van der Waals surface area contributed by atoms with E-state index in [9.17, 15) is 14.9 Å². The summed E-state index contributed by atoms with van der Waals surface area (Å²) in [6.45, 7) is -0.00876. The molecule has 150 valence electrons. The maximum atomic E-state index is 12.6.